The van der Waals surface area contributed by atoms with Crippen LogP contribution >= 0.6 is 0 Å². The average Bonchev–Trinajstić information content (AvgIpc) is 2.72. The number of aryl methyl sites for hydroxylation is 1. The minimum absolute atomic E-state index is 0.0199. The van der Waals surface area contributed by atoms with Crippen molar-refractivity contribution in [2.45, 2.75) is 30.7 Å². The molecule has 1 aromatic carbocycles. The van der Waals surface area contributed by atoms with Gasteiger partial charge in [0, 0.05) is 25.8 Å². The third kappa shape index (κ3) is 4.28. The van der Waals surface area contributed by atoms with E-state index in [9.17, 15) is 14.3 Å². The summed E-state index contributed by atoms with van der Waals surface area (Å²) in [4.78, 5) is 12.0. The van der Waals surface area contributed by atoms with Crippen LogP contribution in [0, 0.1) is 17.1 Å². The quantitative estimate of drug-likeness (QED) is 0.657. The summed E-state index contributed by atoms with van der Waals surface area (Å²) in [6.45, 7) is 0.169. The molecule has 0 saturated heterocycles. The topological polar surface area (TPSA) is 119 Å². The molecule has 2 heterocycles. The van der Waals surface area contributed by atoms with Gasteiger partial charge in [-0.3, -0.25) is 4.79 Å². The van der Waals surface area contributed by atoms with E-state index in [1.807, 2.05) is 6.07 Å². The van der Waals surface area contributed by atoms with Crippen LogP contribution in [0.2, 0.25) is 0 Å². The second-order valence-electron chi connectivity index (χ2n) is 6.97. The van der Waals surface area contributed by atoms with Gasteiger partial charge in [0.25, 0.3) is 5.56 Å². The minimum atomic E-state index is -1.25. The summed E-state index contributed by atoms with van der Waals surface area (Å²) < 4.78 is 31.7. The number of aliphatic hydroxyl groups excluding tert-OH is 1. The molecule has 9 nitrogen and oxygen atoms in total. The Kier molecular flexibility index (Phi) is 6.66. The molecule has 0 spiro atoms. The molecule has 2 atom stereocenters. The SMILES string of the molecule is COCC1(COC)Oc2ccc(F)cc2[C@H](Nc2ccc(=O)n(CCC#N)n2)[C@H]1O. The molecule has 1 aromatic heterocycles. The first kappa shape index (κ1) is 21.7. The van der Waals surface area contributed by atoms with Crippen molar-refractivity contribution in [1.29, 1.82) is 5.26 Å². The number of hydrogen-bond donors (Lipinski definition) is 2. The van der Waals surface area contributed by atoms with Gasteiger partial charge in [0.15, 0.2) is 5.60 Å². The van der Waals surface area contributed by atoms with Crippen molar-refractivity contribution in [3.05, 3.63) is 52.1 Å². The van der Waals surface area contributed by atoms with Gasteiger partial charge in [0.05, 0.1) is 38.3 Å². The predicted molar refractivity (Wildman–Crippen MR) is 105 cm³/mol. The molecule has 2 N–H and O–H groups in total. The van der Waals surface area contributed by atoms with Crippen LogP contribution in [-0.4, -0.2) is 54.0 Å². The Morgan fingerprint density at radius 3 is 2.73 bits per heavy atom. The zero-order valence-corrected chi connectivity index (χ0v) is 16.7. The zero-order chi connectivity index (χ0) is 21.7. The highest BCUT2D eigenvalue weighted by molar-refractivity contribution is 5.47. The van der Waals surface area contributed by atoms with Crippen LogP contribution in [0.1, 0.15) is 18.0 Å². The molecule has 0 fully saturated rings. The lowest BCUT2D eigenvalue weighted by atomic mass is 9.84. The first-order valence-electron chi connectivity index (χ1n) is 9.30. The largest absolute Gasteiger partial charge is 0.479 e. The molecule has 30 heavy (non-hydrogen) atoms. The van der Waals surface area contributed by atoms with Gasteiger partial charge in [0.1, 0.15) is 23.5 Å². The van der Waals surface area contributed by atoms with Gasteiger partial charge in [-0.15, -0.1) is 0 Å². The third-order valence-corrected chi connectivity index (χ3v) is 4.86. The van der Waals surface area contributed by atoms with Crippen molar-refractivity contribution >= 4 is 5.82 Å². The van der Waals surface area contributed by atoms with E-state index < -0.39 is 23.6 Å². The standard InChI is InChI=1S/C20H23FN4O5/c1-28-11-20(12-29-2)19(27)18(14-10-13(21)4-5-15(14)30-20)23-16-6-7-17(26)25(24-16)9-3-8-22/h4-7,10,18-19,27H,3,9,11-12H2,1-2H3,(H,23,24)/t18-,19+/m0/s1. The smallest absolute Gasteiger partial charge is 0.266 e. The number of nitriles is 1. The molecule has 0 bridgehead atoms. The van der Waals surface area contributed by atoms with Crippen LogP contribution in [0.15, 0.2) is 35.1 Å². The Bertz CT molecular complexity index is 984. The maximum absolute atomic E-state index is 14.0. The normalized spacial score (nSPS) is 19.4. The lowest BCUT2D eigenvalue weighted by molar-refractivity contribution is -0.142. The van der Waals surface area contributed by atoms with Crippen LogP contribution in [0.5, 0.6) is 5.75 Å². The van der Waals surface area contributed by atoms with E-state index in [0.717, 1.165) is 4.68 Å². The second kappa shape index (κ2) is 9.21. The van der Waals surface area contributed by atoms with Crippen LogP contribution in [0.25, 0.3) is 0 Å². The molecular formula is C20H23FN4O5. The van der Waals surface area contributed by atoms with Crippen LogP contribution in [0.3, 0.4) is 0 Å². The fourth-order valence-electron chi connectivity index (χ4n) is 3.53. The first-order valence-corrected chi connectivity index (χ1v) is 9.30. The second-order valence-corrected chi connectivity index (χ2v) is 6.97. The van der Waals surface area contributed by atoms with Crippen molar-refractivity contribution in [3.63, 3.8) is 0 Å². The van der Waals surface area contributed by atoms with Crippen molar-refractivity contribution in [2.24, 2.45) is 0 Å². The number of hydrogen-bond acceptors (Lipinski definition) is 8. The van der Waals surface area contributed by atoms with E-state index in [2.05, 4.69) is 10.4 Å². The predicted octanol–water partition coefficient (Wildman–Crippen LogP) is 1.23. The number of anilines is 1. The lowest BCUT2D eigenvalue weighted by Crippen LogP contribution is -2.60. The molecule has 160 valence electrons. The molecule has 10 heteroatoms. The van der Waals surface area contributed by atoms with E-state index in [0.29, 0.717) is 11.3 Å². The van der Waals surface area contributed by atoms with Crippen molar-refractivity contribution in [1.82, 2.24) is 9.78 Å². The van der Waals surface area contributed by atoms with Gasteiger partial charge in [-0.1, -0.05) is 0 Å². The van der Waals surface area contributed by atoms with Crippen molar-refractivity contribution in [2.75, 3.05) is 32.8 Å². The summed E-state index contributed by atoms with van der Waals surface area (Å²) in [5, 5.41) is 27.2. The van der Waals surface area contributed by atoms with Crippen LogP contribution in [0.4, 0.5) is 10.2 Å². The molecule has 1 aliphatic rings. The summed E-state index contributed by atoms with van der Waals surface area (Å²) >= 11 is 0. The summed E-state index contributed by atoms with van der Waals surface area (Å²) in [6, 6.07) is 7.91. The van der Waals surface area contributed by atoms with Crippen molar-refractivity contribution in [3.8, 4) is 11.8 Å². The molecule has 0 saturated carbocycles. The van der Waals surface area contributed by atoms with Gasteiger partial charge in [-0.2, -0.15) is 10.4 Å². The maximum Gasteiger partial charge on any atom is 0.266 e. The van der Waals surface area contributed by atoms with Gasteiger partial charge in [-0.25, -0.2) is 9.07 Å². The number of ether oxygens (including phenoxy) is 3. The van der Waals surface area contributed by atoms with E-state index in [1.54, 1.807) is 0 Å². The van der Waals surface area contributed by atoms with Gasteiger partial charge >= 0.3 is 0 Å². The molecule has 2 aromatic rings. The van der Waals surface area contributed by atoms with Gasteiger partial charge in [-0.05, 0) is 24.3 Å². The van der Waals surface area contributed by atoms with Crippen molar-refractivity contribution < 1.29 is 23.7 Å². The van der Waals surface area contributed by atoms with E-state index in [1.165, 1.54) is 44.6 Å². The average molecular weight is 418 g/mol. The number of methoxy groups -OCH3 is 2. The van der Waals surface area contributed by atoms with E-state index in [4.69, 9.17) is 19.5 Å². The lowest BCUT2D eigenvalue weighted by Gasteiger charge is -2.45. The monoisotopic (exact) mass is 418 g/mol. The highest BCUT2D eigenvalue weighted by atomic mass is 19.1. The molecule has 1 aliphatic heterocycles. The van der Waals surface area contributed by atoms with E-state index >= 15 is 0 Å². The molecule has 0 aliphatic carbocycles. The number of rotatable bonds is 8. The summed E-state index contributed by atoms with van der Waals surface area (Å²) in [6.07, 6.45) is -1.08. The fraction of sp³-hybridized carbons (Fsp3) is 0.450. The zero-order valence-electron chi connectivity index (χ0n) is 16.7. The van der Waals surface area contributed by atoms with Gasteiger partial charge < -0.3 is 24.6 Å². The van der Waals surface area contributed by atoms with Crippen LogP contribution < -0.4 is 15.6 Å². The highest BCUT2D eigenvalue weighted by Gasteiger charge is 2.50. The Morgan fingerprint density at radius 2 is 2.07 bits per heavy atom. The first-order chi connectivity index (χ1) is 14.4. The Morgan fingerprint density at radius 1 is 1.33 bits per heavy atom. The van der Waals surface area contributed by atoms with Gasteiger partial charge in [0.2, 0.25) is 0 Å². The van der Waals surface area contributed by atoms with Crippen LogP contribution in [-0.2, 0) is 16.0 Å². The number of nitrogens with one attached hydrogen (secondary N) is 1. The molecule has 0 amide bonds. The minimum Gasteiger partial charge on any atom is -0.479 e. The molecular weight excluding hydrogens is 395 g/mol. The Balaban J connectivity index is 2.02. The summed E-state index contributed by atoms with van der Waals surface area (Å²) in [7, 11) is 2.95. The number of aromatic nitrogens is 2. The number of benzene rings is 1. The Hall–Kier alpha value is -3.00. The Labute approximate surface area is 172 Å². The molecule has 3 rings (SSSR count). The summed E-state index contributed by atoms with van der Waals surface area (Å²) in [5.41, 5.74) is -1.22. The molecule has 0 radical (unpaired) electrons. The number of aliphatic hydroxyl groups is 1. The number of halogens is 1. The molecule has 0 unspecified atom stereocenters. The highest BCUT2D eigenvalue weighted by Crippen LogP contribution is 2.42. The third-order valence-electron chi connectivity index (χ3n) is 4.86. The number of fused-ring (bicyclic) bond motifs is 1. The fourth-order valence-corrected chi connectivity index (χ4v) is 3.53. The maximum atomic E-state index is 14.0. The number of nitrogens with zero attached hydrogens (tertiary/aromatic N) is 3. The summed E-state index contributed by atoms with van der Waals surface area (Å²) in [5.74, 6) is 0.151. The van der Waals surface area contributed by atoms with E-state index in [-0.39, 0.29) is 37.6 Å².